The van der Waals surface area contributed by atoms with E-state index in [1.54, 1.807) is 0 Å². The summed E-state index contributed by atoms with van der Waals surface area (Å²) in [6.07, 6.45) is 0.819. The second-order valence-electron chi connectivity index (χ2n) is 5.73. The van der Waals surface area contributed by atoms with E-state index in [9.17, 15) is 4.79 Å². The third kappa shape index (κ3) is 4.49. The Morgan fingerprint density at radius 3 is 2.50 bits per heavy atom. The largest absolute Gasteiger partial charge is 0.378 e. The maximum absolute atomic E-state index is 12.2. The van der Waals surface area contributed by atoms with Crippen molar-refractivity contribution < 1.29 is 9.53 Å². The molecule has 0 unspecified atom stereocenters. The molecule has 2 N–H and O–H groups in total. The molecule has 1 heterocycles. The Bertz CT molecular complexity index is 655. The third-order valence-electron chi connectivity index (χ3n) is 4.05. The molecule has 0 atom stereocenters. The molecule has 0 aromatic heterocycles. The number of rotatable bonds is 5. The van der Waals surface area contributed by atoms with Crippen LogP contribution in [0.5, 0.6) is 0 Å². The molecule has 0 aliphatic carbocycles. The molecule has 1 aliphatic rings. The molecule has 0 spiro atoms. The summed E-state index contributed by atoms with van der Waals surface area (Å²) in [5.74, 6) is 0. The number of urea groups is 1. The first-order valence-corrected chi connectivity index (χ1v) is 8.33. The number of ether oxygens (including phenoxy) is 1. The van der Waals surface area contributed by atoms with Gasteiger partial charge >= 0.3 is 6.03 Å². The second-order valence-corrected chi connectivity index (χ2v) is 5.73. The van der Waals surface area contributed by atoms with Crippen molar-refractivity contribution in [3.63, 3.8) is 0 Å². The first-order chi connectivity index (χ1) is 11.8. The summed E-state index contributed by atoms with van der Waals surface area (Å²) >= 11 is 0. The summed E-state index contributed by atoms with van der Waals surface area (Å²) in [7, 11) is 0. The maximum atomic E-state index is 12.2. The van der Waals surface area contributed by atoms with Crippen LogP contribution >= 0.6 is 0 Å². The Morgan fingerprint density at radius 2 is 1.71 bits per heavy atom. The third-order valence-corrected chi connectivity index (χ3v) is 4.05. The predicted molar refractivity (Wildman–Crippen MR) is 96.6 cm³/mol. The summed E-state index contributed by atoms with van der Waals surface area (Å²) < 4.78 is 5.40. The first-order valence-electron chi connectivity index (χ1n) is 8.33. The van der Waals surface area contributed by atoms with Gasteiger partial charge in [-0.3, -0.25) is 0 Å². The summed E-state index contributed by atoms with van der Waals surface area (Å²) in [5.41, 5.74) is 3.09. The summed E-state index contributed by atoms with van der Waals surface area (Å²) in [6.45, 7) is 3.73. The second kappa shape index (κ2) is 8.36. The molecular formula is C19H23N3O2. The topological polar surface area (TPSA) is 53.6 Å². The van der Waals surface area contributed by atoms with Crippen molar-refractivity contribution in [3.05, 3.63) is 60.2 Å². The van der Waals surface area contributed by atoms with E-state index in [1.807, 2.05) is 42.5 Å². The van der Waals surface area contributed by atoms with Gasteiger partial charge in [-0.2, -0.15) is 0 Å². The zero-order valence-electron chi connectivity index (χ0n) is 13.7. The van der Waals surface area contributed by atoms with E-state index < -0.39 is 0 Å². The summed E-state index contributed by atoms with van der Waals surface area (Å²) in [5, 5.41) is 5.88. The number of hydrogen-bond acceptors (Lipinski definition) is 3. The molecule has 5 heteroatoms. The van der Waals surface area contributed by atoms with Crippen LogP contribution in [0.25, 0.3) is 0 Å². The van der Waals surface area contributed by atoms with E-state index in [-0.39, 0.29) is 6.03 Å². The smallest absolute Gasteiger partial charge is 0.319 e. The number of amides is 2. The van der Waals surface area contributed by atoms with Crippen LogP contribution in [0.1, 0.15) is 5.56 Å². The molecule has 1 aliphatic heterocycles. The van der Waals surface area contributed by atoms with Gasteiger partial charge in [0.1, 0.15) is 0 Å². The lowest BCUT2D eigenvalue weighted by atomic mass is 10.1. The molecule has 2 aromatic rings. The number of benzene rings is 2. The highest BCUT2D eigenvalue weighted by atomic mass is 16.5. The highest BCUT2D eigenvalue weighted by molar-refractivity contribution is 5.93. The molecule has 24 heavy (non-hydrogen) atoms. The molecule has 126 valence electrons. The monoisotopic (exact) mass is 325 g/mol. The minimum Gasteiger partial charge on any atom is -0.378 e. The minimum atomic E-state index is -0.174. The fourth-order valence-electron chi connectivity index (χ4n) is 2.79. The normalized spacial score (nSPS) is 14.2. The van der Waals surface area contributed by atoms with Crippen molar-refractivity contribution in [3.8, 4) is 0 Å². The highest BCUT2D eigenvalue weighted by Gasteiger charge is 2.15. The van der Waals surface area contributed by atoms with Crippen LogP contribution < -0.4 is 15.5 Å². The Kier molecular flexibility index (Phi) is 5.69. The molecule has 5 nitrogen and oxygen atoms in total. The molecule has 0 radical (unpaired) electrons. The molecule has 0 bridgehead atoms. The van der Waals surface area contributed by atoms with Crippen molar-refractivity contribution in [1.82, 2.24) is 5.32 Å². The number of nitrogens with one attached hydrogen (secondary N) is 2. The van der Waals surface area contributed by atoms with Gasteiger partial charge in [-0.25, -0.2) is 4.79 Å². The first kappa shape index (κ1) is 16.3. The van der Waals surface area contributed by atoms with E-state index in [0.717, 1.165) is 44.1 Å². The number of carbonyl (C=O) groups is 1. The van der Waals surface area contributed by atoms with Crippen molar-refractivity contribution in [2.24, 2.45) is 0 Å². The van der Waals surface area contributed by atoms with Crippen LogP contribution in [0.4, 0.5) is 16.2 Å². The van der Waals surface area contributed by atoms with Crippen molar-refractivity contribution >= 4 is 17.4 Å². The lowest BCUT2D eigenvalue weighted by molar-refractivity contribution is 0.123. The predicted octanol–water partition coefficient (Wildman–Crippen LogP) is 2.89. The Labute approximate surface area is 142 Å². The Hall–Kier alpha value is -2.53. The lowest BCUT2D eigenvalue weighted by Gasteiger charge is -2.30. The molecule has 2 aromatic carbocycles. The van der Waals surface area contributed by atoms with Crippen LogP contribution in [-0.4, -0.2) is 38.9 Å². The zero-order valence-corrected chi connectivity index (χ0v) is 13.7. The molecule has 0 saturated carbocycles. The molecule has 3 rings (SSSR count). The lowest BCUT2D eigenvalue weighted by Crippen LogP contribution is -2.37. The van der Waals surface area contributed by atoms with Gasteiger partial charge < -0.3 is 20.3 Å². The van der Waals surface area contributed by atoms with Gasteiger partial charge in [-0.15, -0.1) is 0 Å². The number of carbonyl (C=O) groups excluding carboxylic acids is 1. The van der Waals surface area contributed by atoms with Gasteiger partial charge in [0.25, 0.3) is 0 Å². The average molecular weight is 325 g/mol. The van der Waals surface area contributed by atoms with Gasteiger partial charge in [0.2, 0.25) is 0 Å². The maximum Gasteiger partial charge on any atom is 0.319 e. The molecule has 1 saturated heterocycles. The quantitative estimate of drug-likeness (QED) is 0.889. The molecule has 2 amide bonds. The fraction of sp³-hybridized carbons (Fsp3) is 0.316. The van der Waals surface area contributed by atoms with Gasteiger partial charge in [0.05, 0.1) is 24.6 Å². The van der Waals surface area contributed by atoms with Crippen LogP contribution in [-0.2, 0) is 11.2 Å². The van der Waals surface area contributed by atoms with E-state index in [2.05, 4.69) is 27.7 Å². The van der Waals surface area contributed by atoms with Gasteiger partial charge in [-0.1, -0.05) is 42.5 Å². The van der Waals surface area contributed by atoms with Crippen molar-refractivity contribution in [2.45, 2.75) is 6.42 Å². The van der Waals surface area contributed by atoms with Crippen LogP contribution in [0, 0.1) is 0 Å². The summed E-state index contributed by atoms with van der Waals surface area (Å²) in [4.78, 5) is 14.4. The minimum absolute atomic E-state index is 0.174. The standard InChI is InChI=1S/C19H23N3O2/c23-19(20-11-10-16-6-2-1-3-7-16)21-17-8-4-5-9-18(17)22-12-14-24-15-13-22/h1-9H,10-15H2,(H2,20,21,23). The van der Waals surface area contributed by atoms with E-state index >= 15 is 0 Å². The van der Waals surface area contributed by atoms with Crippen molar-refractivity contribution in [2.75, 3.05) is 43.1 Å². The number of nitrogens with zero attached hydrogens (tertiary/aromatic N) is 1. The van der Waals surface area contributed by atoms with Gasteiger partial charge in [-0.05, 0) is 24.1 Å². The van der Waals surface area contributed by atoms with Gasteiger partial charge in [0.15, 0.2) is 0 Å². The Morgan fingerprint density at radius 1 is 1.00 bits per heavy atom. The fourth-order valence-corrected chi connectivity index (χ4v) is 2.79. The van der Waals surface area contributed by atoms with E-state index in [0.29, 0.717) is 6.54 Å². The highest BCUT2D eigenvalue weighted by Crippen LogP contribution is 2.26. The van der Waals surface area contributed by atoms with Crippen LogP contribution in [0.15, 0.2) is 54.6 Å². The average Bonchev–Trinajstić information content (AvgIpc) is 2.64. The van der Waals surface area contributed by atoms with Crippen LogP contribution in [0.2, 0.25) is 0 Å². The van der Waals surface area contributed by atoms with E-state index in [1.165, 1.54) is 5.56 Å². The number of hydrogen-bond donors (Lipinski definition) is 2. The van der Waals surface area contributed by atoms with Crippen molar-refractivity contribution in [1.29, 1.82) is 0 Å². The number of anilines is 2. The number of morpholine rings is 1. The van der Waals surface area contributed by atoms with Gasteiger partial charge in [0, 0.05) is 19.6 Å². The SMILES string of the molecule is O=C(NCCc1ccccc1)Nc1ccccc1N1CCOCC1. The molecular weight excluding hydrogens is 302 g/mol. The van der Waals surface area contributed by atoms with Crippen LogP contribution in [0.3, 0.4) is 0 Å². The number of para-hydroxylation sites is 2. The van der Waals surface area contributed by atoms with E-state index in [4.69, 9.17) is 4.74 Å². The summed E-state index contributed by atoms with van der Waals surface area (Å²) in [6, 6.07) is 17.8. The zero-order chi connectivity index (χ0) is 16.6. The Balaban J connectivity index is 1.54. The molecule has 1 fully saturated rings.